The number of carbonyl (C=O) groups is 1. The van der Waals surface area contributed by atoms with E-state index in [2.05, 4.69) is 17.3 Å². The Morgan fingerprint density at radius 3 is 2.94 bits per heavy atom. The van der Waals surface area contributed by atoms with E-state index in [-0.39, 0.29) is 18.3 Å². The van der Waals surface area contributed by atoms with E-state index in [9.17, 15) is 4.79 Å². The number of hydrogen-bond donors (Lipinski definition) is 1. The molecule has 0 bridgehead atoms. The molecule has 1 fully saturated rings. The minimum atomic E-state index is 0. The number of piperazine rings is 1. The molecule has 0 unspecified atom stereocenters. The number of nitrogens with zero attached hydrogens (tertiary/aromatic N) is 3. The summed E-state index contributed by atoms with van der Waals surface area (Å²) in [6.45, 7) is 4.50. The van der Waals surface area contributed by atoms with Crippen LogP contribution in [0.4, 0.5) is 0 Å². The molecule has 0 aromatic carbocycles. The summed E-state index contributed by atoms with van der Waals surface area (Å²) in [7, 11) is 1.82. The number of rotatable bonds is 1. The number of nitrogens with one attached hydrogen (secondary N) is 1. The van der Waals surface area contributed by atoms with Gasteiger partial charge in [-0.05, 0) is 6.92 Å². The van der Waals surface area contributed by atoms with Crippen molar-refractivity contribution in [1.82, 2.24) is 20.0 Å². The molecule has 6 heteroatoms. The van der Waals surface area contributed by atoms with E-state index in [0.717, 1.165) is 19.6 Å². The Balaban J connectivity index is 0.00000128. The fourth-order valence-corrected chi connectivity index (χ4v) is 1.83. The topological polar surface area (TPSA) is 50.2 Å². The minimum absolute atomic E-state index is 0. The van der Waals surface area contributed by atoms with Gasteiger partial charge in [-0.1, -0.05) is 0 Å². The highest BCUT2D eigenvalue weighted by molar-refractivity contribution is 5.93. The first kappa shape index (κ1) is 13.0. The molecule has 1 amide bonds. The molecule has 0 aliphatic carbocycles. The van der Waals surface area contributed by atoms with Gasteiger partial charge in [0.15, 0.2) is 0 Å². The van der Waals surface area contributed by atoms with Crippen LogP contribution in [-0.2, 0) is 7.05 Å². The van der Waals surface area contributed by atoms with Gasteiger partial charge >= 0.3 is 0 Å². The highest BCUT2D eigenvalue weighted by atomic mass is 35.5. The van der Waals surface area contributed by atoms with E-state index < -0.39 is 0 Å². The van der Waals surface area contributed by atoms with E-state index in [1.807, 2.05) is 11.9 Å². The van der Waals surface area contributed by atoms with Gasteiger partial charge < -0.3 is 10.2 Å². The Bertz CT molecular complexity index is 365. The van der Waals surface area contributed by atoms with Crippen molar-refractivity contribution in [2.75, 3.05) is 19.6 Å². The lowest BCUT2D eigenvalue weighted by Crippen LogP contribution is -2.51. The molecular formula is C10H17ClN4O. The quantitative estimate of drug-likeness (QED) is 0.772. The van der Waals surface area contributed by atoms with Crippen LogP contribution in [0, 0.1) is 0 Å². The van der Waals surface area contributed by atoms with Crippen molar-refractivity contribution in [3.8, 4) is 0 Å². The summed E-state index contributed by atoms with van der Waals surface area (Å²) in [4.78, 5) is 13.9. The van der Waals surface area contributed by atoms with Crippen molar-refractivity contribution < 1.29 is 4.79 Å². The van der Waals surface area contributed by atoms with Gasteiger partial charge in [-0.25, -0.2) is 0 Å². The van der Waals surface area contributed by atoms with Crippen molar-refractivity contribution >= 4 is 18.3 Å². The molecule has 0 spiro atoms. The van der Waals surface area contributed by atoms with Gasteiger partial charge in [0.2, 0.25) is 0 Å². The number of aryl methyl sites for hydroxylation is 1. The summed E-state index contributed by atoms with van der Waals surface area (Å²) in [6, 6.07) is 0.374. The number of halogens is 1. The Labute approximate surface area is 101 Å². The molecule has 1 aromatic heterocycles. The van der Waals surface area contributed by atoms with Crippen LogP contribution in [0.2, 0.25) is 0 Å². The zero-order valence-electron chi connectivity index (χ0n) is 9.51. The van der Waals surface area contributed by atoms with E-state index in [4.69, 9.17) is 0 Å². The molecule has 5 nitrogen and oxygen atoms in total. The Morgan fingerprint density at radius 1 is 1.62 bits per heavy atom. The van der Waals surface area contributed by atoms with Crippen molar-refractivity contribution in [2.24, 2.45) is 7.05 Å². The fraction of sp³-hybridized carbons (Fsp3) is 0.600. The summed E-state index contributed by atoms with van der Waals surface area (Å²) in [5.74, 6) is 0.0800. The Morgan fingerprint density at radius 2 is 2.38 bits per heavy atom. The zero-order valence-corrected chi connectivity index (χ0v) is 10.3. The second-order valence-electron chi connectivity index (χ2n) is 4.01. The minimum Gasteiger partial charge on any atom is -0.336 e. The fourth-order valence-electron chi connectivity index (χ4n) is 1.83. The molecule has 0 radical (unpaired) electrons. The highest BCUT2D eigenvalue weighted by Crippen LogP contribution is 2.06. The SMILES string of the molecule is C[C@@H]1CN(C(=O)c2cnn(C)c2)CCN1.Cl. The molecule has 1 aliphatic rings. The lowest BCUT2D eigenvalue weighted by atomic mass is 10.2. The Kier molecular flexibility index (Phi) is 4.32. The molecule has 1 atom stereocenters. The van der Waals surface area contributed by atoms with Crippen molar-refractivity contribution in [3.63, 3.8) is 0 Å². The summed E-state index contributed by atoms with van der Waals surface area (Å²) in [6.07, 6.45) is 3.38. The molecule has 1 N–H and O–H groups in total. The van der Waals surface area contributed by atoms with Crippen LogP contribution in [0.25, 0.3) is 0 Å². The van der Waals surface area contributed by atoms with Crippen LogP contribution in [0.3, 0.4) is 0 Å². The lowest BCUT2D eigenvalue weighted by molar-refractivity contribution is 0.0709. The third-order valence-electron chi connectivity index (χ3n) is 2.61. The van der Waals surface area contributed by atoms with Gasteiger partial charge in [-0.15, -0.1) is 12.4 Å². The maximum Gasteiger partial charge on any atom is 0.257 e. The van der Waals surface area contributed by atoms with Crippen LogP contribution >= 0.6 is 12.4 Å². The van der Waals surface area contributed by atoms with E-state index in [1.54, 1.807) is 17.1 Å². The van der Waals surface area contributed by atoms with Crippen molar-refractivity contribution in [3.05, 3.63) is 18.0 Å². The molecule has 90 valence electrons. The second-order valence-corrected chi connectivity index (χ2v) is 4.01. The van der Waals surface area contributed by atoms with Gasteiger partial charge in [-0.2, -0.15) is 5.10 Å². The number of amides is 1. The van der Waals surface area contributed by atoms with E-state index >= 15 is 0 Å². The maximum absolute atomic E-state index is 12.0. The molecule has 1 saturated heterocycles. The predicted octanol–water partition coefficient (Wildman–Crippen LogP) is 0.276. The van der Waals surface area contributed by atoms with Crippen LogP contribution in [-0.4, -0.2) is 46.3 Å². The predicted molar refractivity (Wildman–Crippen MR) is 63.8 cm³/mol. The molecule has 16 heavy (non-hydrogen) atoms. The molecule has 1 aliphatic heterocycles. The van der Waals surface area contributed by atoms with Crippen LogP contribution in [0.5, 0.6) is 0 Å². The van der Waals surface area contributed by atoms with Crippen LogP contribution < -0.4 is 5.32 Å². The van der Waals surface area contributed by atoms with Gasteiger partial charge in [-0.3, -0.25) is 9.48 Å². The van der Waals surface area contributed by atoms with E-state index in [1.165, 1.54) is 0 Å². The average molecular weight is 245 g/mol. The highest BCUT2D eigenvalue weighted by Gasteiger charge is 2.22. The summed E-state index contributed by atoms with van der Waals surface area (Å²) >= 11 is 0. The largest absolute Gasteiger partial charge is 0.336 e. The normalized spacial score (nSPS) is 20.4. The summed E-state index contributed by atoms with van der Waals surface area (Å²) in [5, 5.41) is 7.31. The van der Waals surface area contributed by atoms with Crippen molar-refractivity contribution in [2.45, 2.75) is 13.0 Å². The number of carbonyl (C=O) groups excluding carboxylic acids is 1. The Hall–Kier alpha value is -1.07. The summed E-state index contributed by atoms with van der Waals surface area (Å²) in [5.41, 5.74) is 0.673. The number of hydrogen-bond acceptors (Lipinski definition) is 3. The first-order valence-corrected chi connectivity index (χ1v) is 5.18. The number of aromatic nitrogens is 2. The van der Waals surface area contributed by atoms with Gasteiger partial charge in [0.1, 0.15) is 0 Å². The monoisotopic (exact) mass is 244 g/mol. The third-order valence-corrected chi connectivity index (χ3v) is 2.61. The van der Waals surface area contributed by atoms with Gasteiger partial charge in [0, 0.05) is 38.9 Å². The molecule has 2 rings (SSSR count). The first-order chi connectivity index (χ1) is 7.16. The second kappa shape index (κ2) is 5.32. The maximum atomic E-state index is 12.0. The molecular weight excluding hydrogens is 228 g/mol. The molecule has 2 heterocycles. The molecule has 1 aromatic rings. The van der Waals surface area contributed by atoms with Crippen LogP contribution in [0.1, 0.15) is 17.3 Å². The van der Waals surface area contributed by atoms with E-state index in [0.29, 0.717) is 11.6 Å². The zero-order chi connectivity index (χ0) is 10.8. The van der Waals surface area contributed by atoms with Gasteiger partial charge in [0.25, 0.3) is 5.91 Å². The van der Waals surface area contributed by atoms with Gasteiger partial charge in [0.05, 0.1) is 11.8 Å². The van der Waals surface area contributed by atoms with Crippen molar-refractivity contribution in [1.29, 1.82) is 0 Å². The van der Waals surface area contributed by atoms with Crippen LogP contribution in [0.15, 0.2) is 12.4 Å². The summed E-state index contributed by atoms with van der Waals surface area (Å²) < 4.78 is 1.65. The first-order valence-electron chi connectivity index (χ1n) is 5.18. The standard InChI is InChI=1S/C10H16N4O.ClH/c1-8-6-14(4-3-11-8)10(15)9-5-12-13(2)7-9;/h5,7-8,11H,3-4,6H2,1-2H3;1H/t8-;/m1./s1. The smallest absolute Gasteiger partial charge is 0.257 e. The third kappa shape index (κ3) is 2.74. The lowest BCUT2D eigenvalue weighted by Gasteiger charge is -2.31. The molecule has 0 saturated carbocycles. The average Bonchev–Trinajstić information content (AvgIpc) is 2.64.